The summed E-state index contributed by atoms with van der Waals surface area (Å²) in [5.74, 6) is 0. The molecule has 1 aliphatic heterocycles. The van der Waals surface area contributed by atoms with Crippen molar-refractivity contribution in [2.75, 3.05) is 19.7 Å². The van der Waals surface area contributed by atoms with E-state index in [1.54, 1.807) is 0 Å². The molecule has 0 amide bonds. The molecule has 1 atom stereocenters. The van der Waals surface area contributed by atoms with E-state index in [9.17, 15) is 5.11 Å². The zero-order chi connectivity index (χ0) is 11.6. The first-order chi connectivity index (χ1) is 7.88. The maximum atomic E-state index is 9.19. The fourth-order valence-corrected chi connectivity index (χ4v) is 2.67. The maximum Gasteiger partial charge on any atom is 0.0586 e. The van der Waals surface area contributed by atoms with Gasteiger partial charge in [-0.05, 0) is 32.4 Å². The summed E-state index contributed by atoms with van der Waals surface area (Å²) in [7, 11) is 0. The van der Waals surface area contributed by atoms with Crippen molar-refractivity contribution in [2.45, 2.75) is 70.8 Å². The average molecular weight is 227 g/mol. The van der Waals surface area contributed by atoms with Crippen molar-refractivity contribution in [3.05, 3.63) is 0 Å². The van der Waals surface area contributed by atoms with Gasteiger partial charge in [-0.1, -0.05) is 45.4 Å². The fraction of sp³-hybridized carbons (Fsp3) is 1.00. The standard InChI is InChI=1S/C14H29NO/c1-2-3-4-5-6-7-8-11-15-12-9-10-14(15)13-16/h14,16H,2-13H2,1H3/t14-/m1/s1. The molecule has 0 bridgehead atoms. The van der Waals surface area contributed by atoms with Crippen LogP contribution in [0.15, 0.2) is 0 Å². The van der Waals surface area contributed by atoms with Gasteiger partial charge in [0.1, 0.15) is 0 Å². The summed E-state index contributed by atoms with van der Waals surface area (Å²) in [6.07, 6.45) is 12.1. The molecule has 0 radical (unpaired) electrons. The third-order valence-corrected chi connectivity index (χ3v) is 3.76. The van der Waals surface area contributed by atoms with Gasteiger partial charge >= 0.3 is 0 Å². The van der Waals surface area contributed by atoms with Crippen LogP contribution in [0.25, 0.3) is 0 Å². The van der Waals surface area contributed by atoms with Crippen molar-refractivity contribution in [2.24, 2.45) is 0 Å². The van der Waals surface area contributed by atoms with Crippen LogP contribution in [-0.2, 0) is 0 Å². The van der Waals surface area contributed by atoms with Gasteiger partial charge in [-0.25, -0.2) is 0 Å². The van der Waals surface area contributed by atoms with E-state index in [1.807, 2.05) is 0 Å². The monoisotopic (exact) mass is 227 g/mol. The smallest absolute Gasteiger partial charge is 0.0586 e. The first kappa shape index (κ1) is 14.0. The molecule has 2 heteroatoms. The first-order valence-corrected chi connectivity index (χ1v) is 7.23. The van der Waals surface area contributed by atoms with Gasteiger partial charge in [0, 0.05) is 6.04 Å². The molecule has 1 saturated heterocycles. The first-order valence-electron chi connectivity index (χ1n) is 7.23. The second-order valence-corrected chi connectivity index (χ2v) is 5.14. The summed E-state index contributed by atoms with van der Waals surface area (Å²) in [6, 6.07) is 0.472. The van der Waals surface area contributed by atoms with E-state index in [0.717, 1.165) is 0 Å². The van der Waals surface area contributed by atoms with Crippen LogP contribution in [0.5, 0.6) is 0 Å². The average Bonchev–Trinajstić information content (AvgIpc) is 2.75. The van der Waals surface area contributed by atoms with Crippen LogP contribution in [0.1, 0.15) is 64.7 Å². The summed E-state index contributed by atoms with van der Waals surface area (Å²) in [5, 5.41) is 9.19. The third-order valence-electron chi connectivity index (χ3n) is 3.76. The Morgan fingerprint density at radius 1 is 1.06 bits per heavy atom. The lowest BCUT2D eigenvalue weighted by Crippen LogP contribution is -2.32. The highest BCUT2D eigenvalue weighted by Gasteiger charge is 2.22. The lowest BCUT2D eigenvalue weighted by molar-refractivity contribution is 0.157. The fourth-order valence-electron chi connectivity index (χ4n) is 2.67. The molecular weight excluding hydrogens is 198 g/mol. The molecule has 0 aromatic carbocycles. The molecule has 0 aromatic rings. The van der Waals surface area contributed by atoms with Crippen LogP contribution < -0.4 is 0 Å². The van der Waals surface area contributed by atoms with E-state index >= 15 is 0 Å². The van der Waals surface area contributed by atoms with Crippen molar-refractivity contribution in [3.63, 3.8) is 0 Å². The molecule has 2 nitrogen and oxygen atoms in total. The summed E-state index contributed by atoms with van der Waals surface area (Å²) in [6.45, 7) is 5.04. The largest absolute Gasteiger partial charge is 0.395 e. The number of nitrogens with zero attached hydrogens (tertiary/aromatic N) is 1. The molecule has 0 aromatic heterocycles. The highest BCUT2D eigenvalue weighted by Crippen LogP contribution is 2.17. The minimum Gasteiger partial charge on any atom is -0.395 e. The maximum absolute atomic E-state index is 9.19. The van der Waals surface area contributed by atoms with Gasteiger partial charge < -0.3 is 5.11 Å². The second kappa shape index (κ2) is 9.00. The van der Waals surface area contributed by atoms with Crippen molar-refractivity contribution in [1.29, 1.82) is 0 Å². The summed E-state index contributed by atoms with van der Waals surface area (Å²) in [5.41, 5.74) is 0. The Hall–Kier alpha value is -0.0800. The molecule has 0 unspecified atom stereocenters. The molecule has 1 heterocycles. The molecule has 1 rings (SSSR count). The van der Waals surface area contributed by atoms with E-state index < -0.39 is 0 Å². The van der Waals surface area contributed by atoms with Gasteiger partial charge in [0.15, 0.2) is 0 Å². The van der Waals surface area contributed by atoms with Crippen molar-refractivity contribution >= 4 is 0 Å². The Kier molecular flexibility index (Phi) is 7.87. The van der Waals surface area contributed by atoms with Crippen LogP contribution in [0, 0.1) is 0 Å². The molecular formula is C14H29NO. The number of hydrogen-bond acceptors (Lipinski definition) is 2. The summed E-state index contributed by atoms with van der Waals surface area (Å²) >= 11 is 0. The molecule has 0 saturated carbocycles. The molecule has 1 fully saturated rings. The molecule has 16 heavy (non-hydrogen) atoms. The topological polar surface area (TPSA) is 23.5 Å². The van der Waals surface area contributed by atoms with Crippen molar-refractivity contribution in [3.8, 4) is 0 Å². The summed E-state index contributed by atoms with van der Waals surface area (Å²) < 4.78 is 0. The van der Waals surface area contributed by atoms with E-state index in [0.29, 0.717) is 12.6 Å². The zero-order valence-corrected chi connectivity index (χ0v) is 11.0. The highest BCUT2D eigenvalue weighted by molar-refractivity contribution is 4.77. The minimum atomic E-state index is 0.358. The van der Waals surface area contributed by atoms with Crippen LogP contribution in [0.4, 0.5) is 0 Å². The normalized spacial score (nSPS) is 21.8. The second-order valence-electron chi connectivity index (χ2n) is 5.14. The number of likely N-dealkylation sites (tertiary alicyclic amines) is 1. The quantitative estimate of drug-likeness (QED) is 0.611. The van der Waals surface area contributed by atoms with E-state index in [2.05, 4.69) is 11.8 Å². The third kappa shape index (κ3) is 5.31. The lowest BCUT2D eigenvalue weighted by Gasteiger charge is -2.22. The Bertz CT molecular complexity index is 161. The SMILES string of the molecule is CCCCCCCCCN1CCC[C@@H]1CO. The lowest BCUT2D eigenvalue weighted by atomic mass is 10.1. The van der Waals surface area contributed by atoms with E-state index in [-0.39, 0.29) is 0 Å². The van der Waals surface area contributed by atoms with Gasteiger partial charge in [0.25, 0.3) is 0 Å². The number of unbranched alkanes of at least 4 members (excludes halogenated alkanes) is 6. The Morgan fingerprint density at radius 2 is 1.75 bits per heavy atom. The predicted molar refractivity (Wildman–Crippen MR) is 69.7 cm³/mol. The predicted octanol–water partition coefficient (Wildman–Crippen LogP) is 3.19. The van der Waals surface area contributed by atoms with E-state index in [1.165, 1.54) is 70.9 Å². The van der Waals surface area contributed by atoms with Gasteiger partial charge in [-0.15, -0.1) is 0 Å². The Labute approximate surface area is 101 Å². The number of aliphatic hydroxyl groups is 1. The highest BCUT2D eigenvalue weighted by atomic mass is 16.3. The van der Waals surface area contributed by atoms with Crippen LogP contribution in [-0.4, -0.2) is 35.7 Å². The van der Waals surface area contributed by atoms with E-state index in [4.69, 9.17) is 0 Å². The van der Waals surface area contributed by atoms with Gasteiger partial charge in [-0.2, -0.15) is 0 Å². The number of rotatable bonds is 9. The molecule has 96 valence electrons. The molecule has 1 N–H and O–H groups in total. The number of aliphatic hydroxyl groups excluding tert-OH is 1. The van der Waals surface area contributed by atoms with Crippen molar-refractivity contribution in [1.82, 2.24) is 4.90 Å². The molecule has 0 spiro atoms. The van der Waals surface area contributed by atoms with Crippen LogP contribution in [0.3, 0.4) is 0 Å². The van der Waals surface area contributed by atoms with Gasteiger partial charge in [0.2, 0.25) is 0 Å². The summed E-state index contributed by atoms with van der Waals surface area (Å²) in [4.78, 5) is 2.48. The van der Waals surface area contributed by atoms with Crippen LogP contribution >= 0.6 is 0 Å². The van der Waals surface area contributed by atoms with Gasteiger partial charge in [-0.3, -0.25) is 4.90 Å². The minimum absolute atomic E-state index is 0.358. The van der Waals surface area contributed by atoms with Gasteiger partial charge in [0.05, 0.1) is 6.61 Å². The van der Waals surface area contributed by atoms with Crippen molar-refractivity contribution < 1.29 is 5.11 Å². The zero-order valence-electron chi connectivity index (χ0n) is 11.0. The Balaban J connectivity index is 1.90. The molecule has 1 aliphatic rings. The molecule has 0 aliphatic carbocycles. The van der Waals surface area contributed by atoms with Crippen LogP contribution in [0.2, 0.25) is 0 Å². The number of hydrogen-bond donors (Lipinski definition) is 1. The Morgan fingerprint density at radius 3 is 2.44 bits per heavy atom.